The molecular weight excluding hydrogens is 270 g/mol. The maximum absolute atomic E-state index is 9.41. The van der Waals surface area contributed by atoms with Crippen molar-refractivity contribution in [2.24, 2.45) is 0 Å². The number of carboxylic acids is 2. The van der Waals surface area contributed by atoms with Crippen molar-refractivity contribution in [3.63, 3.8) is 0 Å². The van der Waals surface area contributed by atoms with Gasteiger partial charge in [-0.2, -0.15) is 0 Å². The van der Waals surface area contributed by atoms with Gasteiger partial charge in [0.25, 0.3) is 0 Å². The van der Waals surface area contributed by atoms with Gasteiger partial charge in [-0.05, 0) is 36.1 Å². The summed E-state index contributed by atoms with van der Waals surface area (Å²) in [5.41, 5.74) is 2.90. The highest BCUT2D eigenvalue weighted by Crippen LogP contribution is 2.30. The van der Waals surface area contributed by atoms with Gasteiger partial charge in [0.1, 0.15) is 0 Å². The molecule has 0 spiro atoms. The Morgan fingerprint density at radius 1 is 1.29 bits per heavy atom. The predicted molar refractivity (Wildman–Crippen MR) is 73.5 cm³/mol. The van der Waals surface area contributed by atoms with Gasteiger partial charge in [-0.15, -0.1) is 6.42 Å². The zero-order valence-electron chi connectivity index (χ0n) is 11.4. The molecule has 0 radical (unpaired) electrons. The third-order valence-electron chi connectivity index (χ3n) is 2.94. The van der Waals surface area contributed by atoms with Gasteiger partial charge in [-0.25, -0.2) is 0 Å². The second kappa shape index (κ2) is 8.56. The Morgan fingerprint density at radius 2 is 1.90 bits per heavy atom. The lowest BCUT2D eigenvalue weighted by atomic mass is 10.1. The fourth-order valence-electron chi connectivity index (χ4n) is 2.09. The number of benzene rings is 1. The Balaban J connectivity index is 0.000000240. The Bertz CT molecular complexity index is 556. The Morgan fingerprint density at radius 3 is 2.48 bits per heavy atom. The number of fused-ring (bicyclic) bond motifs is 1. The lowest BCUT2D eigenvalue weighted by molar-refractivity contribution is -0.301. The number of carboxylic acid groups (broad SMARTS) is 2. The maximum atomic E-state index is 9.41. The molecule has 0 aromatic heterocycles. The van der Waals surface area contributed by atoms with Crippen molar-refractivity contribution < 1.29 is 19.8 Å². The fraction of sp³-hybridized carbons (Fsp3) is 0.250. The second-order valence-electron chi connectivity index (χ2n) is 4.35. The zero-order valence-corrected chi connectivity index (χ0v) is 11.4. The molecule has 1 aromatic rings. The van der Waals surface area contributed by atoms with Gasteiger partial charge >= 0.3 is 0 Å². The van der Waals surface area contributed by atoms with Gasteiger partial charge in [-0.3, -0.25) is 5.32 Å². The second-order valence-corrected chi connectivity index (χ2v) is 4.35. The van der Waals surface area contributed by atoms with E-state index < -0.39 is 11.9 Å². The average molecular weight is 285 g/mol. The lowest BCUT2D eigenvalue weighted by Crippen LogP contribution is -2.23. The summed E-state index contributed by atoms with van der Waals surface area (Å²) in [4.78, 5) is 18.8. The molecule has 1 atom stereocenters. The minimum absolute atomic E-state index is 0.384. The summed E-state index contributed by atoms with van der Waals surface area (Å²) in [6.07, 6.45) is 8.34. The van der Waals surface area contributed by atoms with Crippen molar-refractivity contribution in [3.05, 3.63) is 47.5 Å². The van der Waals surface area contributed by atoms with Crippen LogP contribution >= 0.6 is 0 Å². The van der Waals surface area contributed by atoms with Crippen molar-refractivity contribution in [2.75, 3.05) is 6.54 Å². The van der Waals surface area contributed by atoms with Crippen molar-refractivity contribution >= 4 is 11.9 Å². The van der Waals surface area contributed by atoms with E-state index in [1.807, 2.05) is 0 Å². The van der Waals surface area contributed by atoms with Crippen LogP contribution in [0.2, 0.25) is 0 Å². The number of aryl methyl sites for hydroxylation is 1. The number of carbonyl (C=O) groups is 2. The third kappa shape index (κ3) is 5.93. The molecule has 1 N–H and O–H groups in total. The topological polar surface area (TPSA) is 92.3 Å². The Kier molecular flexibility index (Phi) is 6.72. The molecule has 1 aromatic carbocycles. The maximum Gasteiger partial charge on any atom is 0.0643 e. The van der Waals surface area contributed by atoms with E-state index in [4.69, 9.17) is 6.42 Å². The fourth-order valence-corrected chi connectivity index (χ4v) is 2.09. The zero-order chi connectivity index (χ0) is 15.7. The van der Waals surface area contributed by atoms with Crippen molar-refractivity contribution in [1.29, 1.82) is 0 Å². The number of rotatable bonds is 4. The highest BCUT2D eigenvalue weighted by atomic mass is 16.4. The highest BCUT2D eigenvalue weighted by Gasteiger charge is 2.20. The van der Waals surface area contributed by atoms with Gasteiger partial charge < -0.3 is 19.8 Å². The van der Waals surface area contributed by atoms with Crippen molar-refractivity contribution in [2.45, 2.75) is 18.9 Å². The minimum atomic E-state index is -1.55. The molecule has 2 rings (SSSR count). The van der Waals surface area contributed by atoms with Crippen LogP contribution in [0.5, 0.6) is 0 Å². The first-order chi connectivity index (χ1) is 10.0. The number of hydrogen-bond acceptors (Lipinski definition) is 5. The highest BCUT2D eigenvalue weighted by molar-refractivity contribution is 5.87. The molecule has 0 fully saturated rings. The molecule has 0 saturated carbocycles. The number of hydrogen-bond donors (Lipinski definition) is 1. The molecule has 5 heteroatoms. The molecule has 0 bridgehead atoms. The van der Waals surface area contributed by atoms with Crippen LogP contribution in [0, 0.1) is 12.3 Å². The summed E-state index contributed by atoms with van der Waals surface area (Å²) in [6.45, 7) is 0.666. The monoisotopic (exact) mass is 285 g/mol. The quantitative estimate of drug-likeness (QED) is 0.562. The van der Waals surface area contributed by atoms with Crippen LogP contribution in [0.25, 0.3) is 0 Å². The van der Waals surface area contributed by atoms with Gasteiger partial charge in [0.15, 0.2) is 0 Å². The standard InChI is InChI=1S/C12H13N.C4H4O4/c1-2-9-13-12-8-7-10-5-3-4-6-11(10)12;5-3(6)1-2-4(7)8/h1,3-6,12-13H,7-9H2;1-2H,(H,5,6)(H,7,8)/p-2/b;2-1-/t12-;/m1./s1. The van der Waals surface area contributed by atoms with Crippen LogP contribution in [0.4, 0.5) is 0 Å². The average Bonchev–Trinajstić information content (AvgIpc) is 2.87. The van der Waals surface area contributed by atoms with Crippen LogP contribution in [0.3, 0.4) is 0 Å². The molecule has 0 aliphatic heterocycles. The van der Waals surface area contributed by atoms with Crippen LogP contribution in [0.15, 0.2) is 36.4 Å². The van der Waals surface area contributed by atoms with Crippen molar-refractivity contribution in [1.82, 2.24) is 5.32 Å². The smallest absolute Gasteiger partial charge is 0.0643 e. The van der Waals surface area contributed by atoms with E-state index >= 15 is 0 Å². The first-order valence-electron chi connectivity index (χ1n) is 6.39. The molecule has 0 amide bonds. The third-order valence-corrected chi connectivity index (χ3v) is 2.94. The van der Waals surface area contributed by atoms with Gasteiger partial charge in [0.2, 0.25) is 0 Å². The van der Waals surface area contributed by atoms with E-state index in [0.717, 1.165) is 0 Å². The van der Waals surface area contributed by atoms with Crippen molar-refractivity contribution in [3.8, 4) is 12.3 Å². The first-order valence-corrected chi connectivity index (χ1v) is 6.39. The molecule has 5 nitrogen and oxygen atoms in total. The predicted octanol–water partition coefficient (Wildman–Crippen LogP) is -1.06. The molecule has 1 aliphatic carbocycles. The van der Waals surface area contributed by atoms with Gasteiger partial charge in [0, 0.05) is 6.04 Å². The van der Waals surface area contributed by atoms with Crippen LogP contribution in [-0.4, -0.2) is 18.5 Å². The number of aliphatic carboxylic acids is 2. The van der Waals surface area contributed by atoms with Crippen LogP contribution < -0.4 is 15.5 Å². The number of carbonyl (C=O) groups excluding carboxylic acids is 2. The molecular formula is C16H15NO4-2. The first kappa shape index (κ1) is 16.5. The summed E-state index contributed by atoms with van der Waals surface area (Å²) in [5.74, 6) is -0.480. The Labute approximate surface area is 123 Å². The molecule has 0 unspecified atom stereocenters. The summed E-state index contributed by atoms with van der Waals surface area (Å²) in [6, 6.07) is 9.06. The Hall–Kier alpha value is -2.58. The largest absolute Gasteiger partial charge is 0.545 e. The molecule has 0 saturated heterocycles. The summed E-state index contributed by atoms with van der Waals surface area (Å²) in [7, 11) is 0. The van der Waals surface area contributed by atoms with Gasteiger partial charge in [-0.1, -0.05) is 30.2 Å². The van der Waals surface area contributed by atoms with E-state index in [9.17, 15) is 19.8 Å². The van der Waals surface area contributed by atoms with Gasteiger partial charge in [0.05, 0.1) is 18.5 Å². The molecule has 21 heavy (non-hydrogen) atoms. The van der Waals surface area contributed by atoms with E-state index in [1.165, 1.54) is 24.0 Å². The molecule has 110 valence electrons. The number of terminal acetylenes is 1. The van der Waals surface area contributed by atoms with E-state index in [-0.39, 0.29) is 0 Å². The van der Waals surface area contributed by atoms with E-state index in [2.05, 4.69) is 35.5 Å². The lowest BCUT2D eigenvalue weighted by Gasteiger charge is -2.10. The van der Waals surface area contributed by atoms with E-state index in [0.29, 0.717) is 24.7 Å². The summed E-state index contributed by atoms with van der Waals surface area (Å²) in [5, 5.41) is 22.2. The normalized spacial score (nSPS) is 15.7. The minimum Gasteiger partial charge on any atom is -0.545 e. The summed E-state index contributed by atoms with van der Waals surface area (Å²) >= 11 is 0. The van der Waals surface area contributed by atoms with Crippen LogP contribution in [-0.2, 0) is 16.0 Å². The molecule has 1 aliphatic rings. The SMILES string of the molecule is C#CCN[C@@H]1CCc2ccccc21.O=C([O-])/C=C\C(=O)[O-]. The molecule has 0 heterocycles. The summed E-state index contributed by atoms with van der Waals surface area (Å²) < 4.78 is 0. The number of nitrogens with one attached hydrogen (secondary N) is 1. The van der Waals surface area contributed by atoms with E-state index in [1.54, 1.807) is 0 Å². The van der Waals surface area contributed by atoms with Crippen LogP contribution in [0.1, 0.15) is 23.6 Å².